The quantitative estimate of drug-likeness (QED) is 0.0387. The average Bonchev–Trinajstić information content (AvgIpc) is 3.14. The number of allylic oxidation sites excluding steroid dienone is 2. The third-order valence-electron chi connectivity index (χ3n) is 11.0. The molecule has 0 aromatic heterocycles. The number of aliphatic hydroxyl groups excluding tert-OH is 1. The maximum Gasteiger partial charge on any atom is 0.305 e. The molecule has 0 bridgehead atoms. The van der Waals surface area contributed by atoms with E-state index in [-0.39, 0.29) is 5.97 Å². The lowest BCUT2D eigenvalue weighted by Gasteiger charge is -2.06. The van der Waals surface area contributed by atoms with Gasteiger partial charge in [-0.05, 0) is 44.9 Å². The van der Waals surface area contributed by atoms with Crippen LogP contribution in [0.25, 0.3) is 0 Å². The highest BCUT2D eigenvalue weighted by atomic mass is 16.5. The highest BCUT2D eigenvalue weighted by molar-refractivity contribution is 5.69. The molecular formula is C48H94O3. The molecule has 51 heavy (non-hydrogen) atoms. The first-order valence-electron chi connectivity index (χ1n) is 23.7. The summed E-state index contributed by atoms with van der Waals surface area (Å²) in [6, 6.07) is 0. The highest BCUT2D eigenvalue weighted by Crippen LogP contribution is 2.17. The van der Waals surface area contributed by atoms with E-state index in [0.717, 1.165) is 19.3 Å². The molecule has 0 aliphatic rings. The third-order valence-corrected chi connectivity index (χ3v) is 11.0. The van der Waals surface area contributed by atoms with Crippen LogP contribution in [-0.2, 0) is 9.53 Å². The number of rotatable bonds is 45. The van der Waals surface area contributed by atoms with Crippen molar-refractivity contribution in [2.45, 2.75) is 277 Å². The zero-order valence-corrected chi connectivity index (χ0v) is 35.0. The number of unbranched alkanes of at least 4 members (excludes halogenated alkanes) is 38. The van der Waals surface area contributed by atoms with E-state index in [0.29, 0.717) is 19.6 Å². The lowest BCUT2D eigenvalue weighted by atomic mass is 10.0. The van der Waals surface area contributed by atoms with Crippen LogP contribution in [0.15, 0.2) is 12.2 Å². The van der Waals surface area contributed by atoms with Gasteiger partial charge in [-0.15, -0.1) is 0 Å². The van der Waals surface area contributed by atoms with Gasteiger partial charge in [-0.2, -0.15) is 0 Å². The van der Waals surface area contributed by atoms with Crippen molar-refractivity contribution in [1.82, 2.24) is 0 Å². The van der Waals surface area contributed by atoms with E-state index in [1.54, 1.807) is 0 Å². The Morgan fingerprint density at radius 1 is 0.373 bits per heavy atom. The first kappa shape index (κ1) is 50.2. The summed E-state index contributed by atoms with van der Waals surface area (Å²) in [6.45, 7) is 3.27. The van der Waals surface area contributed by atoms with Crippen molar-refractivity contribution in [1.29, 1.82) is 0 Å². The van der Waals surface area contributed by atoms with Crippen LogP contribution in [0, 0.1) is 0 Å². The molecule has 0 aliphatic carbocycles. The molecule has 3 heteroatoms. The Balaban J connectivity index is 3.15. The smallest absolute Gasteiger partial charge is 0.305 e. The normalized spacial score (nSPS) is 11.6. The van der Waals surface area contributed by atoms with E-state index in [2.05, 4.69) is 19.1 Å². The monoisotopic (exact) mass is 719 g/mol. The molecule has 0 aromatic rings. The summed E-state index contributed by atoms with van der Waals surface area (Å²) < 4.78 is 5.48. The SMILES string of the molecule is CCCCCCC=CCCCCCCCCCCCC(=O)OCCCCCCCCCCCCCCCCCCCCCCCCCCCCO. The van der Waals surface area contributed by atoms with E-state index in [4.69, 9.17) is 9.84 Å². The molecule has 0 spiro atoms. The number of hydrogen-bond donors (Lipinski definition) is 1. The molecule has 1 N–H and O–H groups in total. The summed E-state index contributed by atoms with van der Waals surface area (Å²) in [4.78, 5) is 12.0. The van der Waals surface area contributed by atoms with E-state index >= 15 is 0 Å². The Morgan fingerprint density at radius 2 is 0.647 bits per heavy atom. The number of hydrogen-bond acceptors (Lipinski definition) is 3. The molecule has 0 amide bonds. The second kappa shape index (κ2) is 47.2. The maximum absolute atomic E-state index is 12.0. The van der Waals surface area contributed by atoms with Gasteiger partial charge < -0.3 is 9.84 Å². The molecule has 0 saturated heterocycles. The minimum absolute atomic E-state index is 0.0235. The van der Waals surface area contributed by atoms with Crippen molar-refractivity contribution in [3.05, 3.63) is 12.2 Å². The summed E-state index contributed by atoms with van der Waals surface area (Å²) >= 11 is 0. The predicted octanol–water partition coefficient (Wildman–Crippen LogP) is 16.5. The number of carbonyl (C=O) groups excluding carboxylic acids is 1. The second-order valence-electron chi connectivity index (χ2n) is 16.2. The fraction of sp³-hybridized carbons (Fsp3) is 0.938. The van der Waals surface area contributed by atoms with Gasteiger partial charge in [-0.25, -0.2) is 0 Å². The van der Waals surface area contributed by atoms with Crippen molar-refractivity contribution in [3.63, 3.8) is 0 Å². The Kier molecular flexibility index (Phi) is 46.4. The Hall–Kier alpha value is -0.830. The Bertz CT molecular complexity index is 659. The van der Waals surface area contributed by atoms with Gasteiger partial charge in [-0.3, -0.25) is 4.79 Å². The van der Waals surface area contributed by atoms with Crippen LogP contribution >= 0.6 is 0 Å². The van der Waals surface area contributed by atoms with Crippen molar-refractivity contribution >= 4 is 5.97 Å². The van der Waals surface area contributed by atoms with Crippen LogP contribution in [0.3, 0.4) is 0 Å². The summed E-state index contributed by atoms with van der Waals surface area (Å²) in [5.41, 5.74) is 0. The minimum atomic E-state index is 0.0235. The standard InChI is InChI=1S/C48H94O3/c1-2-3-4-5-6-7-8-9-10-21-24-27-30-33-36-39-42-45-48(50)51-47-44-41-38-35-32-29-26-23-20-18-16-14-12-11-13-15-17-19-22-25-28-31-34-37-40-43-46-49/h7-8,49H,2-6,9-47H2,1H3. The van der Waals surface area contributed by atoms with Gasteiger partial charge in [0, 0.05) is 13.0 Å². The second-order valence-corrected chi connectivity index (χ2v) is 16.2. The summed E-state index contributed by atoms with van der Waals surface area (Å²) in [5, 5.41) is 8.81. The molecule has 0 fully saturated rings. The highest BCUT2D eigenvalue weighted by Gasteiger charge is 2.03. The van der Waals surface area contributed by atoms with Crippen molar-refractivity contribution in [2.75, 3.05) is 13.2 Å². The van der Waals surface area contributed by atoms with E-state index in [9.17, 15) is 4.79 Å². The van der Waals surface area contributed by atoms with Crippen molar-refractivity contribution in [2.24, 2.45) is 0 Å². The minimum Gasteiger partial charge on any atom is -0.466 e. The fourth-order valence-electron chi connectivity index (χ4n) is 7.41. The summed E-state index contributed by atoms with van der Waals surface area (Å²) in [6.07, 6.45) is 60.6. The predicted molar refractivity (Wildman–Crippen MR) is 227 cm³/mol. The van der Waals surface area contributed by atoms with Gasteiger partial charge in [0.1, 0.15) is 0 Å². The van der Waals surface area contributed by atoms with Gasteiger partial charge in [0.05, 0.1) is 6.61 Å². The van der Waals surface area contributed by atoms with Gasteiger partial charge in [0.15, 0.2) is 0 Å². The number of esters is 1. The molecule has 0 heterocycles. The molecule has 0 saturated carbocycles. The van der Waals surface area contributed by atoms with Crippen LogP contribution in [-0.4, -0.2) is 24.3 Å². The average molecular weight is 719 g/mol. The topological polar surface area (TPSA) is 46.5 Å². The third kappa shape index (κ3) is 47.1. The first-order valence-corrected chi connectivity index (χ1v) is 23.7. The van der Waals surface area contributed by atoms with E-state index in [1.807, 2.05) is 0 Å². The molecule has 0 atom stereocenters. The molecule has 0 aliphatic heterocycles. The maximum atomic E-state index is 12.0. The molecule has 3 nitrogen and oxygen atoms in total. The molecule has 0 unspecified atom stereocenters. The Labute approximate surface area is 321 Å². The van der Waals surface area contributed by atoms with E-state index < -0.39 is 0 Å². The lowest BCUT2D eigenvalue weighted by molar-refractivity contribution is -0.143. The van der Waals surface area contributed by atoms with Crippen molar-refractivity contribution < 1.29 is 14.6 Å². The van der Waals surface area contributed by atoms with Crippen LogP contribution < -0.4 is 0 Å². The van der Waals surface area contributed by atoms with Crippen LogP contribution in [0.5, 0.6) is 0 Å². The van der Waals surface area contributed by atoms with E-state index in [1.165, 1.54) is 244 Å². The molecule has 0 aromatic carbocycles. The van der Waals surface area contributed by atoms with Gasteiger partial charge in [-0.1, -0.05) is 237 Å². The largest absolute Gasteiger partial charge is 0.466 e. The van der Waals surface area contributed by atoms with Crippen molar-refractivity contribution in [3.8, 4) is 0 Å². The summed E-state index contributed by atoms with van der Waals surface area (Å²) in [7, 11) is 0. The van der Waals surface area contributed by atoms with Crippen LogP contribution in [0.2, 0.25) is 0 Å². The Morgan fingerprint density at radius 3 is 0.980 bits per heavy atom. The van der Waals surface area contributed by atoms with Gasteiger partial charge >= 0.3 is 5.97 Å². The molecule has 0 radical (unpaired) electrons. The first-order chi connectivity index (χ1) is 25.3. The zero-order valence-electron chi connectivity index (χ0n) is 35.0. The van der Waals surface area contributed by atoms with Gasteiger partial charge in [0.2, 0.25) is 0 Å². The van der Waals surface area contributed by atoms with Gasteiger partial charge in [0.25, 0.3) is 0 Å². The number of ether oxygens (including phenoxy) is 1. The summed E-state index contributed by atoms with van der Waals surface area (Å²) in [5.74, 6) is 0.0235. The number of carbonyl (C=O) groups is 1. The fourth-order valence-corrected chi connectivity index (χ4v) is 7.41. The number of aliphatic hydroxyl groups is 1. The van der Waals surface area contributed by atoms with Crippen LogP contribution in [0.1, 0.15) is 277 Å². The molecular weight excluding hydrogens is 625 g/mol. The molecule has 0 rings (SSSR count). The van der Waals surface area contributed by atoms with Crippen LogP contribution in [0.4, 0.5) is 0 Å². The molecule has 304 valence electrons. The zero-order chi connectivity index (χ0) is 36.8. The lowest BCUT2D eigenvalue weighted by Crippen LogP contribution is -2.05.